The Labute approximate surface area is 113 Å². The lowest BCUT2D eigenvalue weighted by Gasteiger charge is -2.14. The largest absolute Gasteiger partial charge is 0.459 e. The molecule has 1 saturated carbocycles. The van der Waals surface area contributed by atoms with Gasteiger partial charge in [-0.25, -0.2) is 4.39 Å². The number of halogens is 1. The molecule has 1 aliphatic carbocycles. The zero-order valence-electron chi connectivity index (χ0n) is 11.5. The molecule has 1 aromatic heterocycles. The molecular formula is C16H20FNO. The first kappa shape index (κ1) is 12.7. The van der Waals surface area contributed by atoms with Crippen molar-refractivity contribution in [2.45, 2.75) is 38.6 Å². The van der Waals surface area contributed by atoms with E-state index in [1.165, 1.54) is 25.3 Å². The molecule has 1 atom stereocenters. The van der Waals surface area contributed by atoms with Crippen LogP contribution in [0.1, 0.15) is 43.0 Å². The monoisotopic (exact) mass is 261 g/mol. The molecule has 0 spiro atoms. The van der Waals surface area contributed by atoms with Gasteiger partial charge in [0.1, 0.15) is 17.2 Å². The molecular weight excluding hydrogens is 241 g/mol. The summed E-state index contributed by atoms with van der Waals surface area (Å²) in [5.41, 5.74) is 1.84. The molecule has 3 heteroatoms. The van der Waals surface area contributed by atoms with E-state index in [1.54, 1.807) is 12.1 Å². The lowest BCUT2D eigenvalue weighted by atomic mass is 10.0. The van der Waals surface area contributed by atoms with E-state index in [-0.39, 0.29) is 11.9 Å². The van der Waals surface area contributed by atoms with Gasteiger partial charge in [-0.1, -0.05) is 12.8 Å². The number of benzene rings is 1. The average Bonchev–Trinajstić information content (AvgIpc) is 3.17. The first-order valence-corrected chi connectivity index (χ1v) is 7.05. The smallest absolute Gasteiger partial charge is 0.134 e. The lowest BCUT2D eigenvalue weighted by molar-refractivity contribution is 0.414. The van der Waals surface area contributed by atoms with Crippen LogP contribution < -0.4 is 5.32 Å². The highest BCUT2D eigenvalue weighted by Crippen LogP contribution is 2.37. The second-order valence-electron chi connectivity index (χ2n) is 5.59. The fourth-order valence-corrected chi connectivity index (χ4v) is 2.76. The van der Waals surface area contributed by atoms with Gasteiger partial charge in [0.25, 0.3) is 0 Å². The van der Waals surface area contributed by atoms with Crippen LogP contribution in [0.25, 0.3) is 11.0 Å². The molecule has 1 fully saturated rings. The van der Waals surface area contributed by atoms with Gasteiger partial charge in [-0.15, -0.1) is 0 Å². The number of rotatable bonds is 5. The molecule has 0 amide bonds. The van der Waals surface area contributed by atoms with E-state index in [0.717, 1.165) is 34.6 Å². The van der Waals surface area contributed by atoms with E-state index in [2.05, 4.69) is 5.32 Å². The maximum atomic E-state index is 13.3. The molecule has 0 radical (unpaired) electrons. The van der Waals surface area contributed by atoms with Crippen molar-refractivity contribution in [3.05, 3.63) is 35.3 Å². The maximum Gasteiger partial charge on any atom is 0.134 e. The Morgan fingerprint density at radius 3 is 2.89 bits per heavy atom. The third-order valence-corrected chi connectivity index (χ3v) is 4.16. The second-order valence-corrected chi connectivity index (χ2v) is 5.59. The number of aryl methyl sites for hydroxylation is 1. The minimum Gasteiger partial charge on any atom is -0.459 e. The van der Waals surface area contributed by atoms with Crippen LogP contribution in [0.15, 0.2) is 22.6 Å². The lowest BCUT2D eigenvalue weighted by Crippen LogP contribution is -2.16. The predicted octanol–water partition coefficient (Wildman–Crippen LogP) is 4.33. The average molecular weight is 261 g/mol. The van der Waals surface area contributed by atoms with Crippen molar-refractivity contribution < 1.29 is 8.81 Å². The van der Waals surface area contributed by atoms with Gasteiger partial charge in [-0.2, -0.15) is 0 Å². The number of fused-ring (bicyclic) bond motifs is 1. The SMILES string of the molecule is CNC(CCC1CC1)c1oc2ccc(F)cc2c1C. The van der Waals surface area contributed by atoms with Crippen LogP contribution >= 0.6 is 0 Å². The summed E-state index contributed by atoms with van der Waals surface area (Å²) >= 11 is 0. The van der Waals surface area contributed by atoms with Crippen molar-refractivity contribution in [1.82, 2.24) is 5.32 Å². The zero-order chi connectivity index (χ0) is 13.4. The van der Waals surface area contributed by atoms with Gasteiger partial charge < -0.3 is 9.73 Å². The zero-order valence-corrected chi connectivity index (χ0v) is 11.5. The topological polar surface area (TPSA) is 25.2 Å². The van der Waals surface area contributed by atoms with Gasteiger partial charge in [-0.05, 0) is 50.9 Å². The van der Waals surface area contributed by atoms with Crippen LogP contribution in [0.4, 0.5) is 4.39 Å². The number of hydrogen-bond donors (Lipinski definition) is 1. The Kier molecular flexibility index (Phi) is 3.31. The summed E-state index contributed by atoms with van der Waals surface area (Å²) < 4.78 is 19.2. The van der Waals surface area contributed by atoms with Crippen LogP contribution in [0.2, 0.25) is 0 Å². The summed E-state index contributed by atoms with van der Waals surface area (Å²) in [6.45, 7) is 2.02. The van der Waals surface area contributed by atoms with Gasteiger partial charge in [0.15, 0.2) is 0 Å². The highest BCUT2D eigenvalue weighted by molar-refractivity contribution is 5.82. The third kappa shape index (κ3) is 2.52. The molecule has 0 bridgehead atoms. The van der Waals surface area contributed by atoms with Gasteiger partial charge in [-0.3, -0.25) is 0 Å². The molecule has 0 aliphatic heterocycles. The van der Waals surface area contributed by atoms with Crippen molar-refractivity contribution >= 4 is 11.0 Å². The molecule has 1 heterocycles. The first-order chi connectivity index (χ1) is 9.19. The Morgan fingerprint density at radius 1 is 1.42 bits per heavy atom. The first-order valence-electron chi connectivity index (χ1n) is 7.05. The van der Waals surface area contributed by atoms with E-state index >= 15 is 0 Å². The van der Waals surface area contributed by atoms with Gasteiger partial charge >= 0.3 is 0 Å². The summed E-state index contributed by atoms with van der Waals surface area (Å²) in [5, 5.41) is 4.22. The second kappa shape index (κ2) is 4.97. The van der Waals surface area contributed by atoms with Crippen molar-refractivity contribution in [2.24, 2.45) is 5.92 Å². The molecule has 1 N–H and O–H groups in total. The Hall–Kier alpha value is -1.35. The summed E-state index contributed by atoms with van der Waals surface area (Å²) in [4.78, 5) is 0. The van der Waals surface area contributed by atoms with Crippen molar-refractivity contribution in [3.63, 3.8) is 0 Å². The van der Waals surface area contributed by atoms with E-state index in [9.17, 15) is 4.39 Å². The van der Waals surface area contributed by atoms with E-state index < -0.39 is 0 Å². The fraction of sp³-hybridized carbons (Fsp3) is 0.500. The van der Waals surface area contributed by atoms with Gasteiger partial charge in [0, 0.05) is 10.9 Å². The van der Waals surface area contributed by atoms with E-state index in [0.29, 0.717) is 0 Å². The van der Waals surface area contributed by atoms with Gasteiger partial charge in [0.2, 0.25) is 0 Å². The van der Waals surface area contributed by atoms with Crippen LogP contribution in [-0.4, -0.2) is 7.05 Å². The standard InChI is InChI=1S/C16H20FNO/c1-10-13-9-12(17)6-8-15(13)19-16(10)14(18-2)7-5-11-3-4-11/h6,8-9,11,14,18H,3-5,7H2,1-2H3. The van der Waals surface area contributed by atoms with E-state index in [4.69, 9.17) is 4.42 Å². The van der Waals surface area contributed by atoms with Crippen LogP contribution in [-0.2, 0) is 0 Å². The quantitative estimate of drug-likeness (QED) is 0.866. The molecule has 1 aliphatic rings. The molecule has 0 saturated heterocycles. The van der Waals surface area contributed by atoms with Crippen LogP contribution in [0.3, 0.4) is 0 Å². The highest BCUT2D eigenvalue weighted by atomic mass is 19.1. The maximum absolute atomic E-state index is 13.3. The van der Waals surface area contributed by atoms with Crippen molar-refractivity contribution in [1.29, 1.82) is 0 Å². The molecule has 3 rings (SSSR count). The third-order valence-electron chi connectivity index (χ3n) is 4.16. The summed E-state index contributed by atoms with van der Waals surface area (Å²) in [6, 6.07) is 4.96. The Bertz CT molecular complexity index is 586. The van der Waals surface area contributed by atoms with Gasteiger partial charge in [0.05, 0.1) is 6.04 Å². The van der Waals surface area contributed by atoms with E-state index in [1.807, 2.05) is 14.0 Å². The molecule has 1 unspecified atom stereocenters. The summed E-state index contributed by atoms with van der Waals surface area (Å²) in [6.07, 6.45) is 5.09. The molecule has 2 aromatic rings. The Balaban J connectivity index is 1.90. The molecule has 2 nitrogen and oxygen atoms in total. The summed E-state index contributed by atoms with van der Waals surface area (Å²) in [5.74, 6) is 1.67. The molecule has 19 heavy (non-hydrogen) atoms. The number of nitrogens with one attached hydrogen (secondary N) is 1. The van der Waals surface area contributed by atoms with Crippen LogP contribution in [0, 0.1) is 18.7 Å². The predicted molar refractivity (Wildman–Crippen MR) is 74.7 cm³/mol. The normalized spacial score (nSPS) is 17.0. The van der Waals surface area contributed by atoms with Crippen LogP contribution in [0.5, 0.6) is 0 Å². The molecule has 1 aromatic carbocycles. The highest BCUT2D eigenvalue weighted by Gasteiger charge is 2.25. The molecule has 102 valence electrons. The number of furan rings is 1. The fourth-order valence-electron chi connectivity index (χ4n) is 2.76. The van der Waals surface area contributed by atoms with Crippen molar-refractivity contribution in [3.8, 4) is 0 Å². The number of hydrogen-bond acceptors (Lipinski definition) is 2. The minimum atomic E-state index is -0.207. The van der Waals surface area contributed by atoms with Crippen molar-refractivity contribution in [2.75, 3.05) is 7.05 Å². The minimum absolute atomic E-state index is 0.207. The summed E-state index contributed by atoms with van der Waals surface area (Å²) in [7, 11) is 1.96. The Morgan fingerprint density at radius 2 is 2.21 bits per heavy atom.